The number of nitrogens with one attached hydrogen (secondary N) is 1. The summed E-state index contributed by atoms with van der Waals surface area (Å²) >= 11 is 6.10. The molecule has 0 aliphatic heterocycles. The average Bonchev–Trinajstić information content (AvgIpc) is 2.16. The first-order chi connectivity index (χ1) is 6.27. The Labute approximate surface area is 85.1 Å². The van der Waals surface area contributed by atoms with Gasteiger partial charge in [-0.3, -0.25) is 0 Å². The van der Waals surface area contributed by atoms with Crippen LogP contribution in [0.1, 0.15) is 25.3 Å². The van der Waals surface area contributed by atoms with Gasteiger partial charge in [-0.2, -0.15) is 0 Å². The number of benzene rings is 1. The van der Waals surface area contributed by atoms with Crippen molar-refractivity contribution in [2.45, 2.75) is 26.2 Å². The summed E-state index contributed by atoms with van der Waals surface area (Å²) in [6.45, 7) is 2.19. The molecule has 0 amide bonds. The Morgan fingerprint density at radius 2 is 2.15 bits per heavy atom. The Morgan fingerprint density at radius 3 is 2.69 bits per heavy atom. The molecule has 0 heterocycles. The molecule has 1 aromatic carbocycles. The molecule has 72 valence electrons. The van der Waals surface area contributed by atoms with Crippen molar-refractivity contribution in [1.29, 1.82) is 0 Å². The van der Waals surface area contributed by atoms with Gasteiger partial charge in [-0.15, -0.1) is 0 Å². The van der Waals surface area contributed by atoms with E-state index < -0.39 is 0 Å². The fourth-order valence-electron chi connectivity index (χ4n) is 1.27. The maximum atomic E-state index is 6.10. The average molecular weight is 198 g/mol. The highest BCUT2D eigenvalue weighted by Gasteiger charge is 2.00. The molecular weight excluding hydrogens is 182 g/mol. The molecule has 0 saturated carbocycles. The van der Waals surface area contributed by atoms with Crippen LogP contribution in [0.25, 0.3) is 0 Å². The van der Waals surface area contributed by atoms with Crippen molar-refractivity contribution >= 4 is 17.3 Å². The Kier molecular flexibility index (Phi) is 4.10. The molecule has 1 aromatic rings. The number of rotatable bonds is 4. The zero-order chi connectivity index (χ0) is 9.68. The van der Waals surface area contributed by atoms with E-state index in [2.05, 4.69) is 24.4 Å². The summed E-state index contributed by atoms with van der Waals surface area (Å²) in [7, 11) is 1.90. The fraction of sp³-hybridized carbons (Fsp3) is 0.455. The van der Waals surface area contributed by atoms with E-state index in [0.29, 0.717) is 0 Å². The number of unbranched alkanes of at least 4 members (excludes halogenated alkanes) is 1. The molecule has 0 aliphatic rings. The lowest BCUT2D eigenvalue weighted by atomic mass is 10.1. The molecule has 13 heavy (non-hydrogen) atoms. The molecule has 1 N–H and O–H groups in total. The Bertz CT molecular complexity index is 271. The monoisotopic (exact) mass is 197 g/mol. The van der Waals surface area contributed by atoms with Crippen LogP contribution in [-0.4, -0.2) is 7.05 Å². The van der Waals surface area contributed by atoms with Crippen LogP contribution < -0.4 is 5.32 Å². The van der Waals surface area contributed by atoms with Crippen LogP contribution in [0.4, 0.5) is 5.69 Å². The van der Waals surface area contributed by atoms with E-state index in [1.807, 2.05) is 13.1 Å². The third-order valence-corrected chi connectivity index (χ3v) is 2.49. The minimum atomic E-state index is 0.875. The maximum Gasteiger partial charge on any atom is 0.0458 e. The largest absolute Gasteiger partial charge is 0.388 e. The van der Waals surface area contributed by atoms with Gasteiger partial charge in [-0.25, -0.2) is 0 Å². The topological polar surface area (TPSA) is 12.0 Å². The van der Waals surface area contributed by atoms with E-state index in [9.17, 15) is 0 Å². The molecule has 0 bridgehead atoms. The third-order valence-electron chi connectivity index (χ3n) is 2.14. The maximum absolute atomic E-state index is 6.10. The molecular formula is C11H16ClN. The minimum absolute atomic E-state index is 0.875. The SMILES string of the molecule is CCCCc1ccc(NC)cc1Cl. The highest BCUT2D eigenvalue weighted by molar-refractivity contribution is 6.31. The number of aryl methyl sites for hydroxylation is 1. The smallest absolute Gasteiger partial charge is 0.0458 e. The highest BCUT2D eigenvalue weighted by Crippen LogP contribution is 2.22. The molecule has 1 nitrogen and oxygen atoms in total. The van der Waals surface area contributed by atoms with Crippen LogP contribution in [0.5, 0.6) is 0 Å². The van der Waals surface area contributed by atoms with Crippen LogP contribution in [0, 0.1) is 0 Å². The van der Waals surface area contributed by atoms with Gasteiger partial charge < -0.3 is 5.32 Å². The molecule has 0 saturated heterocycles. The van der Waals surface area contributed by atoms with Crippen LogP contribution in [0.2, 0.25) is 5.02 Å². The number of hydrogen-bond acceptors (Lipinski definition) is 1. The van der Waals surface area contributed by atoms with Crippen LogP contribution >= 0.6 is 11.6 Å². The van der Waals surface area contributed by atoms with Gasteiger partial charge in [0.15, 0.2) is 0 Å². The van der Waals surface area contributed by atoms with Crippen LogP contribution in [-0.2, 0) is 6.42 Å². The Morgan fingerprint density at radius 1 is 1.38 bits per heavy atom. The zero-order valence-electron chi connectivity index (χ0n) is 8.23. The number of halogens is 1. The van der Waals surface area contributed by atoms with Gasteiger partial charge in [0.25, 0.3) is 0 Å². The van der Waals surface area contributed by atoms with Crippen molar-refractivity contribution in [2.24, 2.45) is 0 Å². The van der Waals surface area contributed by atoms with E-state index >= 15 is 0 Å². The standard InChI is InChI=1S/C11H16ClN/c1-3-4-5-9-6-7-10(13-2)8-11(9)12/h6-8,13H,3-5H2,1-2H3. The van der Waals surface area contributed by atoms with E-state index in [4.69, 9.17) is 11.6 Å². The summed E-state index contributed by atoms with van der Waals surface area (Å²) in [6, 6.07) is 6.15. The second-order valence-electron chi connectivity index (χ2n) is 3.16. The molecule has 2 heteroatoms. The number of anilines is 1. The van der Waals surface area contributed by atoms with Crippen LogP contribution in [0.15, 0.2) is 18.2 Å². The van der Waals surface area contributed by atoms with Gasteiger partial charge in [0.2, 0.25) is 0 Å². The van der Waals surface area contributed by atoms with Gasteiger partial charge in [0.05, 0.1) is 0 Å². The summed E-state index contributed by atoms with van der Waals surface area (Å²) in [5.74, 6) is 0. The summed E-state index contributed by atoms with van der Waals surface area (Å²) in [5.41, 5.74) is 2.33. The van der Waals surface area contributed by atoms with Crippen molar-refractivity contribution in [3.05, 3.63) is 28.8 Å². The predicted octanol–water partition coefficient (Wildman–Crippen LogP) is 3.72. The second kappa shape index (κ2) is 5.13. The third kappa shape index (κ3) is 2.92. The zero-order valence-corrected chi connectivity index (χ0v) is 8.99. The van der Waals surface area contributed by atoms with Crippen molar-refractivity contribution in [3.8, 4) is 0 Å². The second-order valence-corrected chi connectivity index (χ2v) is 3.57. The van der Waals surface area contributed by atoms with Gasteiger partial charge >= 0.3 is 0 Å². The summed E-state index contributed by atoms with van der Waals surface area (Å²) < 4.78 is 0. The van der Waals surface area contributed by atoms with Gasteiger partial charge in [0, 0.05) is 17.8 Å². The van der Waals surface area contributed by atoms with E-state index in [1.54, 1.807) is 0 Å². The van der Waals surface area contributed by atoms with E-state index in [1.165, 1.54) is 18.4 Å². The first-order valence-electron chi connectivity index (χ1n) is 4.74. The Hall–Kier alpha value is -0.690. The molecule has 0 atom stereocenters. The normalized spacial score (nSPS) is 10.1. The van der Waals surface area contributed by atoms with E-state index in [0.717, 1.165) is 17.1 Å². The Balaban J connectivity index is 2.73. The predicted molar refractivity (Wildman–Crippen MR) is 59.6 cm³/mol. The van der Waals surface area contributed by atoms with Gasteiger partial charge in [-0.05, 0) is 30.5 Å². The van der Waals surface area contributed by atoms with E-state index in [-0.39, 0.29) is 0 Å². The molecule has 0 radical (unpaired) electrons. The lowest BCUT2D eigenvalue weighted by Crippen LogP contribution is -1.91. The first-order valence-corrected chi connectivity index (χ1v) is 5.12. The van der Waals surface area contributed by atoms with Gasteiger partial charge in [-0.1, -0.05) is 31.0 Å². The minimum Gasteiger partial charge on any atom is -0.388 e. The number of hydrogen-bond donors (Lipinski definition) is 1. The fourth-order valence-corrected chi connectivity index (χ4v) is 1.55. The van der Waals surface area contributed by atoms with Crippen molar-refractivity contribution in [1.82, 2.24) is 0 Å². The lowest BCUT2D eigenvalue weighted by molar-refractivity contribution is 0.795. The molecule has 0 fully saturated rings. The molecule has 0 spiro atoms. The quantitative estimate of drug-likeness (QED) is 0.776. The molecule has 0 unspecified atom stereocenters. The summed E-state index contributed by atoms with van der Waals surface area (Å²) in [5, 5.41) is 3.94. The summed E-state index contributed by atoms with van der Waals surface area (Å²) in [4.78, 5) is 0. The molecule has 1 rings (SSSR count). The van der Waals surface area contributed by atoms with Crippen molar-refractivity contribution in [3.63, 3.8) is 0 Å². The lowest BCUT2D eigenvalue weighted by Gasteiger charge is -2.05. The first kappa shape index (κ1) is 10.4. The summed E-state index contributed by atoms with van der Waals surface area (Å²) in [6.07, 6.45) is 3.50. The van der Waals surface area contributed by atoms with Gasteiger partial charge in [0.1, 0.15) is 0 Å². The van der Waals surface area contributed by atoms with Crippen molar-refractivity contribution in [2.75, 3.05) is 12.4 Å². The highest BCUT2D eigenvalue weighted by atomic mass is 35.5. The van der Waals surface area contributed by atoms with Crippen molar-refractivity contribution < 1.29 is 0 Å². The molecule has 0 aromatic heterocycles. The van der Waals surface area contributed by atoms with Crippen LogP contribution in [0.3, 0.4) is 0 Å². The molecule has 0 aliphatic carbocycles.